The first-order valence-corrected chi connectivity index (χ1v) is 38.5. The summed E-state index contributed by atoms with van der Waals surface area (Å²) in [5.74, 6) is -5.34. The minimum Gasteiger partial charge on any atom is -0.480 e. The summed E-state index contributed by atoms with van der Waals surface area (Å²) in [5, 5.41) is 37.3. The van der Waals surface area contributed by atoms with Crippen LogP contribution >= 0.6 is 0 Å². The molecule has 0 unspecified atom stereocenters. The standard InChI is InChI=1S/C29H40N4O7.C27H38N4O6.C16H30N4O5.C10H9NO2/c1-17(2)12-24(32-20(5)35)29(39)31-16-27(37)33-23(8-6-7-11-30-19(4)34)25(36)14-21-9-10-22-18(3)13-28(38)40-26(22)15-21;1-16(2)11-22(30-18(4)32)27(36)29-15-25(34)31-21(7-5-6-10-28)23(33)13-19-8-9-20-17(3)12-26(35)37-24(20)14-19;1-10(2)8-13(19-11(3)21)15(23)18-9-14(22)20-12(16(24)25)6-4-5-7-17;1-6-4-10(12)13-9-5-7(11)2-3-8(6)9/h9-10,13,15,17,23-24H,6-8,11-12,14,16H2,1-5H3,(H,30,34)(H,31,39)(H,32,35)(H,33,37);8-9,12,14,16,21-22H,5-7,10-11,13,15,28H2,1-4H3,(H,29,36)(H,30,32)(H,31,34);10,12-13H,4-9,17H2,1-3H3,(H,18,23)(H,19,21)(H,20,22)(H,24,25);2-5H,11H2,1H3/t23-,24-;21-,22-;12-,13-;/m000./s1. The summed E-state index contributed by atoms with van der Waals surface area (Å²) in [6, 6.07) is 15.2. The summed E-state index contributed by atoms with van der Waals surface area (Å²) in [6.07, 6.45) is 6.09. The van der Waals surface area contributed by atoms with Gasteiger partial charge in [-0.2, -0.15) is 0 Å². The van der Waals surface area contributed by atoms with Crippen LogP contribution in [0.1, 0.15) is 174 Å². The van der Waals surface area contributed by atoms with Gasteiger partial charge >= 0.3 is 22.8 Å². The molecule has 10 amide bonds. The van der Waals surface area contributed by atoms with Gasteiger partial charge in [-0.05, 0) is 181 Å². The smallest absolute Gasteiger partial charge is 0.336 e. The fourth-order valence-electron chi connectivity index (χ4n) is 12.0. The Morgan fingerprint density at radius 2 is 0.696 bits per heavy atom. The molecule has 0 aliphatic carbocycles. The highest BCUT2D eigenvalue weighted by Gasteiger charge is 2.28. The number of carbonyl (C=O) groups is 13. The molecule has 0 fully saturated rings. The second-order valence-corrected chi connectivity index (χ2v) is 29.5. The molecule has 0 saturated heterocycles. The van der Waals surface area contributed by atoms with Gasteiger partial charge in [-0.25, -0.2) is 19.2 Å². The van der Waals surface area contributed by atoms with E-state index in [4.69, 9.17) is 35.6 Å². The number of hydrogen-bond donors (Lipinski definition) is 14. The molecule has 6 rings (SSSR count). The van der Waals surface area contributed by atoms with Crippen molar-refractivity contribution in [1.29, 1.82) is 0 Å². The van der Waals surface area contributed by atoms with Crippen molar-refractivity contribution in [3.8, 4) is 0 Å². The maximum absolute atomic E-state index is 13.3. The molecule has 115 heavy (non-hydrogen) atoms. The molecule has 6 aromatic rings. The topological polar surface area (TPSA) is 531 Å². The second-order valence-electron chi connectivity index (χ2n) is 29.5. The summed E-state index contributed by atoms with van der Waals surface area (Å²) in [6.45, 7) is 22.7. The highest BCUT2D eigenvalue weighted by Crippen LogP contribution is 2.23. The molecular weight excluding hydrogens is 1490 g/mol. The molecule has 17 N–H and O–H groups in total. The number of carboxylic acid groups (broad SMARTS) is 1. The summed E-state index contributed by atoms with van der Waals surface area (Å²) in [4.78, 5) is 192. The van der Waals surface area contributed by atoms with Gasteiger partial charge in [-0.1, -0.05) is 65.8 Å². The molecule has 0 spiro atoms. The van der Waals surface area contributed by atoms with E-state index in [1.165, 1.54) is 45.9 Å². The number of nitrogen functional groups attached to an aromatic ring is 1. The summed E-state index contributed by atoms with van der Waals surface area (Å²) >= 11 is 0. The number of rotatable bonds is 41. The third kappa shape index (κ3) is 38.3. The zero-order valence-electron chi connectivity index (χ0n) is 68.2. The maximum atomic E-state index is 13.3. The maximum Gasteiger partial charge on any atom is 0.336 e. The third-order valence-corrected chi connectivity index (χ3v) is 17.5. The van der Waals surface area contributed by atoms with Gasteiger partial charge in [0, 0.05) is 93.2 Å². The summed E-state index contributed by atoms with van der Waals surface area (Å²) in [5.41, 5.74) is 20.9. The van der Waals surface area contributed by atoms with Crippen molar-refractivity contribution >= 4 is 115 Å². The van der Waals surface area contributed by atoms with Gasteiger partial charge < -0.3 is 88.7 Å². The molecular formula is C82H117N13O20. The fraction of sp³-hybridized carbons (Fsp3) is 0.512. The number of carbonyl (C=O) groups excluding carboxylic acids is 12. The van der Waals surface area contributed by atoms with E-state index < -0.39 is 88.9 Å². The average Bonchev–Trinajstić information content (AvgIpc) is 0.819. The van der Waals surface area contributed by atoms with Gasteiger partial charge in [0.2, 0.25) is 59.1 Å². The number of aliphatic carboxylic acids is 1. The van der Waals surface area contributed by atoms with E-state index in [-0.39, 0.29) is 97.5 Å². The van der Waals surface area contributed by atoms with Crippen molar-refractivity contribution in [2.45, 2.75) is 216 Å². The number of fused-ring (bicyclic) bond motifs is 3. The Hall–Kier alpha value is -11.5. The number of nitrogens with two attached hydrogens (primary N) is 3. The van der Waals surface area contributed by atoms with Gasteiger partial charge in [0.25, 0.3) is 0 Å². The number of benzene rings is 3. The predicted molar refractivity (Wildman–Crippen MR) is 435 cm³/mol. The Morgan fingerprint density at radius 3 is 1.01 bits per heavy atom. The zero-order chi connectivity index (χ0) is 86.2. The molecule has 0 bridgehead atoms. The molecule has 33 heteroatoms. The first-order chi connectivity index (χ1) is 54.2. The lowest BCUT2D eigenvalue weighted by Gasteiger charge is -2.21. The Balaban J connectivity index is 0.000000421. The lowest BCUT2D eigenvalue weighted by molar-refractivity contribution is -0.142. The monoisotopic (exact) mass is 1600 g/mol. The molecule has 6 atom stereocenters. The fourth-order valence-corrected chi connectivity index (χ4v) is 12.0. The van der Waals surface area contributed by atoms with Gasteiger partial charge in [0.05, 0.1) is 31.7 Å². The second kappa shape index (κ2) is 50.6. The number of unbranched alkanes of at least 4 members (excludes halogenated alkanes) is 3. The van der Waals surface area contributed by atoms with Crippen LogP contribution in [0.4, 0.5) is 5.69 Å². The first-order valence-electron chi connectivity index (χ1n) is 38.5. The first kappa shape index (κ1) is 97.7. The third-order valence-electron chi connectivity index (χ3n) is 17.5. The highest BCUT2D eigenvalue weighted by molar-refractivity contribution is 5.96. The van der Waals surface area contributed by atoms with Crippen LogP contribution in [0.5, 0.6) is 0 Å². The Bertz CT molecular complexity index is 4510. The van der Waals surface area contributed by atoms with Crippen molar-refractivity contribution in [2.75, 3.05) is 45.0 Å². The Kier molecular flexibility index (Phi) is 43.0. The Morgan fingerprint density at radius 1 is 0.383 bits per heavy atom. The molecule has 3 heterocycles. The van der Waals surface area contributed by atoms with E-state index in [9.17, 15) is 76.7 Å². The van der Waals surface area contributed by atoms with Gasteiger partial charge in [0.15, 0.2) is 11.6 Å². The van der Waals surface area contributed by atoms with E-state index in [0.29, 0.717) is 124 Å². The average molecular weight is 1600 g/mol. The van der Waals surface area contributed by atoms with Gasteiger partial charge in [-0.3, -0.25) is 57.5 Å². The number of amides is 10. The van der Waals surface area contributed by atoms with Crippen LogP contribution in [0.2, 0.25) is 0 Å². The van der Waals surface area contributed by atoms with E-state index in [2.05, 4.69) is 53.2 Å². The molecule has 0 aliphatic rings. The quantitative estimate of drug-likeness (QED) is 0.0145. The van der Waals surface area contributed by atoms with Gasteiger partial charge in [-0.15, -0.1) is 0 Å². The highest BCUT2D eigenvalue weighted by atomic mass is 16.4. The van der Waals surface area contributed by atoms with Crippen LogP contribution in [-0.4, -0.2) is 157 Å². The van der Waals surface area contributed by atoms with Gasteiger partial charge in [0.1, 0.15) is 40.9 Å². The lowest BCUT2D eigenvalue weighted by atomic mass is 9.98. The van der Waals surface area contributed by atoms with E-state index in [1.807, 2.05) is 61.5 Å². The largest absolute Gasteiger partial charge is 0.480 e. The van der Waals surface area contributed by atoms with Crippen molar-refractivity contribution in [3.05, 3.63) is 132 Å². The van der Waals surface area contributed by atoms with E-state index in [1.54, 1.807) is 55.5 Å². The minimum absolute atomic E-state index is 0.00438. The number of anilines is 1. The van der Waals surface area contributed by atoms with Crippen molar-refractivity contribution in [2.24, 2.45) is 29.2 Å². The van der Waals surface area contributed by atoms with E-state index in [0.717, 1.165) is 32.8 Å². The van der Waals surface area contributed by atoms with Crippen LogP contribution in [0, 0.1) is 38.5 Å². The normalized spacial score (nSPS) is 12.4. The number of hydrogen-bond acceptors (Lipinski definition) is 22. The Labute approximate surface area is 668 Å². The number of carboxylic acids is 1. The molecule has 0 aliphatic heterocycles. The number of ketones is 2. The SMILES string of the molecule is CC(=O)NCCCC[C@H](NC(=O)CNC(=O)[C@H](CC(C)C)NC(C)=O)C(=O)Cc1ccc2c(C)cc(=O)oc2c1.CC(=O)N[C@@H](CC(C)C)C(=O)NCC(=O)N[C@@H](CCCCN)C(=O)Cc1ccc2c(C)cc(=O)oc2c1.CC(=O)N[C@@H](CC(C)C)C(=O)NCC(=O)N[C@@H](CCCCN)C(=O)O.Cc1cc(=O)oc2cc(N)ccc12. The van der Waals surface area contributed by atoms with Crippen molar-refractivity contribution < 1.29 is 80.7 Å². The van der Waals surface area contributed by atoms with Crippen LogP contribution in [0.3, 0.4) is 0 Å². The zero-order valence-corrected chi connectivity index (χ0v) is 68.2. The van der Waals surface area contributed by atoms with Crippen LogP contribution < -0.4 is 87.2 Å². The van der Waals surface area contributed by atoms with E-state index >= 15 is 0 Å². The lowest BCUT2D eigenvalue weighted by Crippen LogP contribution is -2.51. The predicted octanol–water partition coefficient (Wildman–Crippen LogP) is 4.20. The molecule has 0 saturated carbocycles. The van der Waals surface area contributed by atoms with Crippen molar-refractivity contribution in [1.82, 2.24) is 53.2 Å². The molecule has 3 aromatic heterocycles. The van der Waals surface area contributed by atoms with Crippen LogP contribution in [0.25, 0.3) is 32.9 Å². The van der Waals surface area contributed by atoms with Crippen LogP contribution in [0.15, 0.2) is 100 Å². The minimum atomic E-state index is -1.13. The molecule has 630 valence electrons. The number of aryl methyl sites for hydroxylation is 3. The summed E-state index contributed by atoms with van der Waals surface area (Å²) in [7, 11) is 0. The number of Topliss-reactive ketones (excluding diaryl/α,β-unsaturated/α-hetero) is 2. The van der Waals surface area contributed by atoms with Crippen LogP contribution in [-0.2, 0) is 75.2 Å². The van der Waals surface area contributed by atoms with Crippen molar-refractivity contribution in [3.63, 3.8) is 0 Å². The molecule has 0 radical (unpaired) electrons. The molecule has 3 aromatic carbocycles. The summed E-state index contributed by atoms with van der Waals surface area (Å²) < 4.78 is 15.5. The number of nitrogens with one attached hydrogen (secondary N) is 10. The molecule has 33 nitrogen and oxygen atoms in total.